The third-order valence-electron chi connectivity index (χ3n) is 2.37. The molecule has 0 aromatic carbocycles. The van der Waals surface area contributed by atoms with Crippen LogP contribution >= 0.6 is 23.2 Å². The van der Waals surface area contributed by atoms with Crippen molar-refractivity contribution in [2.24, 2.45) is 0 Å². The molecule has 1 aromatic heterocycles. The fourth-order valence-corrected chi connectivity index (χ4v) is 1.88. The van der Waals surface area contributed by atoms with Gasteiger partial charge in [-0.15, -0.1) is 0 Å². The van der Waals surface area contributed by atoms with E-state index in [2.05, 4.69) is 15.6 Å². The number of carbonyl (C=O) groups excluding carboxylic acids is 1. The molecular formula is C9H11Cl2N3O. The minimum Gasteiger partial charge on any atom is -0.347 e. The Morgan fingerprint density at radius 2 is 2.33 bits per heavy atom. The lowest BCUT2D eigenvalue weighted by Crippen LogP contribution is -2.36. The molecule has 15 heavy (non-hydrogen) atoms. The Morgan fingerprint density at radius 1 is 1.53 bits per heavy atom. The molecule has 1 saturated heterocycles. The maximum absolute atomic E-state index is 11.7. The molecule has 6 heteroatoms. The highest BCUT2D eigenvalue weighted by atomic mass is 35.5. The molecular weight excluding hydrogens is 237 g/mol. The molecule has 1 unspecified atom stereocenters. The van der Waals surface area contributed by atoms with E-state index in [9.17, 15) is 4.79 Å². The normalized spacial score (nSPS) is 20.5. The number of nitrogens with one attached hydrogen (secondary N) is 3. The maximum Gasteiger partial charge on any atom is 0.268 e. The standard InChI is InChI=1S/C9H11Cl2N3O/c10-6-3-7(14-8(6)11)9(15)13-5-1-2-12-4-5/h3,5,12,14H,1-2,4H2,(H,13,15). The van der Waals surface area contributed by atoms with E-state index in [0.29, 0.717) is 15.9 Å². The SMILES string of the molecule is O=C(NC1CCNC1)c1cc(Cl)c(Cl)[nH]1. The summed E-state index contributed by atoms with van der Waals surface area (Å²) in [7, 11) is 0. The molecule has 0 saturated carbocycles. The van der Waals surface area contributed by atoms with Crippen molar-refractivity contribution in [3.8, 4) is 0 Å². The van der Waals surface area contributed by atoms with E-state index in [4.69, 9.17) is 23.2 Å². The third kappa shape index (κ3) is 2.45. The van der Waals surface area contributed by atoms with Gasteiger partial charge in [0.15, 0.2) is 0 Å². The van der Waals surface area contributed by atoms with E-state index in [1.165, 1.54) is 6.07 Å². The van der Waals surface area contributed by atoms with Crippen molar-refractivity contribution in [3.63, 3.8) is 0 Å². The van der Waals surface area contributed by atoms with Gasteiger partial charge in [-0.1, -0.05) is 23.2 Å². The summed E-state index contributed by atoms with van der Waals surface area (Å²) in [6.07, 6.45) is 0.952. The molecule has 1 aliphatic heterocycles. The van der Waals surface area contributed by atoms with Crippen LogP contribution in [0, 0.1) is 0 Å². The summed E-state index contributed by atoms with van der Waals surface area (Å²) < 4.78 is 0. The summed E-state index contributed by atoms with van der Waals surface area (Å²) in [5.74, 6) is -0.169. The zero-order chi connectivity index (χ0) is 10.8. The molecule has 4 nitrogen and oxygen atoms in total. The topological polar surface area (TPSA) is 56.9 Å². The minimum atomic E-state index is -0.169. The predicted octanol–water partition coefficient (Wildman–Crippen LogP) is 1.41. The smallest absolute Gasteiger partial charge is 0.268 e. The summed E-state index contributed by atoms with van der Waals surface area (Å²) in [6, 6.07) is 1.72. The summed E-state index contributed by atoms with van der Waals surface area (Å²) in [5, 5.41) is 6.72. The van der Waals surface area contributed by atoms with Crippen molar-refractivity contribution in [1.29, 1.82) is 0 Å². The molecule has 2 heterocycles. The highest BCUT2D eigenvalue weighted by Crippen LogP contribution is 2.21. The second-order valence-corrected chi connectivity index (χ2v) is 4.29. The van der Waals surface area contributed by atoms with Crippen molar-refractivity contribution >= 4 is 29.1 Å². The first kappa shape index (κ1) is 10.8. The molecule has 1 aliphatic rings. The van der Waals surface area contributed by atoms with Gasteiger partial charge in [-0.25, -0.2) is 0 Å². The number of rotatable bonds is 2. The first-order valence-electron chi connectivity index (χ1n) is 4.72. The third-order valence-corrected chi connectivity index (χ3v) is 3.06. The summed E-state index contributed by atoms with van der Waals surface area (Å²) in [5.41, 5.74) is 0.400. The lowest BCUT2D eigenvalue weighted by Gasteiger charge is -2.09. The molecule has 1 amide bonds. The van der Waals surface area contributed by atoms with Gasteiger partial charge in [-0.3, -0.25) is 4.79 Å². The fraction of sp³-hybridized carbons (Fsp3) is 0.444. The van der Waals surface area contributed by atoms with E-state index in [1.807, 2.05) is 0 Å². The van der Waals surface area contributed by atoms with Crippen LogP contribution in [0.1, 0.15) is 16.9 Å². The second kappa shape index (κ2) is 4.43. The lowest BCUT2D eigenvalue weighted by atomic mass is 10.2. The number of amides is 1. The lowest BCUT2D eigenvalue weighted by molar-refractivity contribution is 0.0935. The van der Waals surface area contributed by atoms with E-state index >= 15 is 0 Å². The Balaban J connectivity index is 2.00. The molecule has 1 atom stereocenters. The number of hydrogen-bond acceptors (Lipinski definition) is 2. The first-order valence-corrected chi connectivity index (χ1v) is 5.48. The summed E-state index contributed by atoms with van der Waals surface area (Å²) >= 11 is 11.4. The van der Waals surface area contributed by atoms with Gasteiger partial charge >= 0.3 is 0 Å². The fourth-order valence-electron chi connectivity index (χ4n) is 1.57. The molecule has 0 aliphatic carbocycles. The van der Waals surface area contributed by atoms with Crippen LogP contribution in [-0.2, 0) is 0 Å². The monoisotopic (exact) mass is 247 g/mol. The number of H-pyrrole nitrogens is 1. The Morgan fingerprint density at radius 3 is 2.87 bits per heavy atom. The van der Waals surface area contributed by atoms with Crippen LogP contribution in [0.5, 0.6) is 0 Å². The van der Waals surface area contributed by atoms with Crippen LogP contribution in [0.3, 0.4) is 0 Å². The average Bonchev–Trinajstić information content (AvgIpc) is 2.78. The second-order valence-electron chi connectivity index (χ2n) is 3.51. The zero-order valence-electron chi connectivity index (χ0n) is 7.94. The molecule has 3 N–H and O–H groups in total. The van der Waals surface area contributed by atoms with Crippen molar-refractivity contribution in [2.75, 3.05) is 13.1 Å². The van der Waals surface area contributed by atoms with Gasteiger partial charge in [0.2, 0.25) is 0 Å². The van der Waals surface area contributed by atoms with E-state index in [1.54, 1.807) is 0 Å². The molecule has 82 valence electrons. The van der Waals surface area contributed by atoms with Crippen LogP contribution in [0.25, 0.3) is 0 Å². The Kier molecular flexibility index (Phi) is 3.19. The van der Waals surface area contributed by atoms with Gasteiger partial charge in [-0.2, -0.15) is 0 Å². The average molecular weight is 248 g/mol. The van der Waals surface area contributed by atoms with Crippen LogP contribution in [0.15, 0.2) is 6.07 Å². The number of hydrogen-bond donors (Lipinski definition) is 3. The highest BCUT2D eigenvalue weighted by Gasteiger charge is 2.19. The van der Waals surface area contributed by atoms with Crippen molar-refractivity contribution in [1.82, 2.24) is 15.6 Å². The van der Waals surface area contributed by atoms with Crippen molar-refractivity contribution in [2.45, 2.75) is 12.5 Å². The molecule has 0 bridgehead atoms. The number of halogens is 2. The van der Waals surface area contributed by atoms with Gasteiger partial charge < -0.3 is 15.6 Å². The van der Waals surface area contributed by atoms with Crippen molar-refractivity contribution < 1.29 is 4.79 Å². The van der Waals surface area contributed by atoms with Gasteiger partial charge in [0.25, 0.3) is 5.91 Å². The highest BCUT2D eigenvalue weighted by molar-refractivity contribution is 6.41. The van der Waals surface area contributed by atoms with Gasteiger partial charge in [-0.05, 0) is 19.0 Å². The molecule has 1 aromatic rings. The Labute approximate surface area is 97.3 Å². The van der Waals surface area contributed by atoms with Crippen molar-refractivity contribution in [3.05, 3.63) is 21.9 Å². The minimum absolute atomic E-state index is 0.169. The van der Waals surface area contributed by atoms with Crippen LogP contribution in [0.4, 0.5) is 0 Å². The van der Waals surface area contributed by atoms with Crippen LogP contribution < -0.4 is 10.6 Å². The van der Waals surface area contributed by atoms with Gasteiger partial charge in [0, 0.05) is 12.6 Å². The van der Waals surface area contributed by atoms with Crippen LogP contribution in [0.2, 0.25) is 10.2 Å². The maximum atomic E-state index is 11.7. The molecule has 0 spiro atoms. The van der Waals surface area contributed by atoms with E-state index < -0.39 is 0 Å². The largest absolute Gasteiger partial charge is 0.347 e. The van der Waals surface area contributed by atoms with Gasteiger partial charge in [0.05, 0.1) is 5.02 Å². The molecule has 0 radical (unpaired) electrons. The van der Waals surface area contributed by atoms with Gasteiger partial charge in [0.1, 0.15) is 10.8 Å². The first-order chi connectivity index (χ1) is 7.16. The number of aromatic amines is 1. The summed E-state index contributed by atoms with van der Waals surface area (Å²) in [4.78, 5) is 14.4. The summed E-state index contributed by atoms with van der Waals surface area (Å²) in [6.45, 7) is 1.76. The predicted molar refractivity (Wildman–Crippen MR) is 59.6 cm³/mol. The van der Waals surface area contributed by atoms with E-state index in [-0.39, 0.29) is 11.9 Å². The van der Waals surface area contributed by atoms with Crippen LogP contribution in [-0.4, -0.2) is 30.0 Å². The number of aromatic nitrogens is 1. The van der Waals surface area contributed by atoms with E-state index in [0.717, 1.165) is 19.5 Å². The molecule has 2 rings (SSSR count). The Bertz CT molecular complexity index is 352. The Hall–Kier alpha value is -0.710. The number of carbonyl (C=O) groups is 1. The quantitative estimate of drug-likeness (QED) is 0.741. The molecule has 1 fully saturated rings. The zero-order valence-corrected chi connectivity index (χ0v) is 9.45.